The van der Waals surface area contributed by atoms with Crippen LogP contribution in [0.2, 0.25) is 0 Å². The number of ether oxygens (including phenoxy) is 1. The Kier molecular flexibility index (Phi) is 5.61. The molecule has 3 nitrogen and oxygen atoms in total. The summed E-state index contributed by atoms with van der Waals surface area (Å²) in [6.45, 7) is 7.29. The number of methoxy groups -OCH3 is 1. The molecule has 0 aliphatic heterocycles. The van der Waals surface area contributed by atoms with Crippen LogP contribution in [0.15, 0.2) is 0 Å². The van der Waals surface area contributed by atoms with Crippen molar-refractivity contribution in [1.82, 2.24) is 0 Å². The number of hydrogen-bond acceptors (Lipinski definition) is 3. The molecule has 4 aliphatic rings. The predicted molar refractivity (Wildman–Crippen MR) is 112 cm³/mol. The van der Waals surface area contributed by atoms with Crippen LogP contribution in [0.5, 0.6) is 0 Å². The van der Waals surface area contributed by atoms with Gasteiger partial charge in [-0.05, 0) is 97.7 Å². The number of carbonyl (C=O) groups is 1. The van der Waals surface area contributed by atoms with Gasteiger partial charge in [-0.25, -0.2) is 0 Å². The van der Waals surface area contributed by atoms with Gasteiger partial charge in [-0.15, -0.1) is 0 Å². The second-order valence-electron chi connectivity index (χ2n) is 11.3. The van der Waals surface area contributed by atoms with Crippen molar-refractivity contribution in [2.75, 3.05) is 7.11 Å². The molecular formula is C25H42O3. The molecule has 4 aliphatic carbocycles. The third-order valence-corrected chi connectivity index (χ3v) is 10.5. The summed E-state index contributed by atoms with van der Waals surface area (Å²) in [7, 11) is 1.48. The number of esters is 1. The smallest absolute Gasteiger partial charge is 0.305 e. The van der Waals surface area contributed by atoms with E-state index in [1.165, 1.54) is 58.5 Å². The summed E-state index contributed by atoms with van der Waals surface area (Å²) in [5, 5.41) is 11.5. The maximum absolute atomic E-state index is 11.6. The van der Waals surface area contributed by atoms with E-state index in [0.29, 0.717) is 29.6 Å². The topological polar surface area (TPSA) is 46.5 Å². The molecule has 3 heteroatoms. The molecule has 0 unspecified atom stereocenters. The van der Waals surface area contributed by atoms with Crippen LogP contribution >= 0.6 is 0 Å². The Morgan fingerprint density at radius 1 is 1.11 bits per heavy atom. The first-order valence-corrected chi connectivity index (χ1v) is 12.1. The Labute approximate surface area is 172 Å². The summed E-state index contributed by atoms with van der Waals surface area (Å²) in [5.74, 6) is 4.02. The highest BCUT2D eigenvalue weighted by atomic mass is 16.5. The molecule has 0 saturated heterocycles. The zero-order valence-corrected chi connectivity index (χ0v) is 18.6. The zero-order chi connectivity index (χ0) is 20.1. The fourth-order valence-corrected chi connectivity index (χ4v) is 8.87. The molecular weight excluding hydrogens is 348 g/mol. The molecule has 4 rings (SSSR count). The fraction of sp³-hybridized carbons (Fsp3) is 0.960. The average Bonchev–Trinajstić information content (AvgIpc) is 3.05. The second-order valence-corrected chi connectivity index (χ2v) is 11.3. The van der Waals surface area contributed by atoms with Crippen molar-refractivity contribution >= 4 is 5.97 Å². The monoisotopic (exact) mass is 390 g/mol. The molecule has 4 fully saturated rings. The molecule has 0 aromatic carbocycles. The highest BCUT2D eigenvalue weighted by Crippen LogP contribution is 2.68. The van der Waals surface area contributed by atoms with Gasteiger partial charge in [-0.3, -0.25) is 4.79 Å². The van der Waals surface area contributed by atoms with Gasteiger partial charge in [-0.1, -0.05) is 33.6 Å². The van der Waals surface area contributed by atoms with Crippen molar-refractivity contribution in [3.63, 3.8) is 0 Å². The van der Waals surface area contributed by atoms with Crippen molar-refractivity contribution in [3.8, 4) is 0 Å². The maximum atomic E-state index is 11.6. The van der Waals surface area contributed by atoms with Crippen LogP contribution in [0.1, 0.15) is 91.4 Å². The van der Waals surface area contributed by atoms with Crippen molar-refractivity contribution < 1.29 is 14.6 Å². The maximum Gasteiger partial charge on any atom is 0.305 e. The summed E-state index contributed by atoms with van der Waals surface area (Å²) in [4.78, 5) is 11.6. The lowest BCUT2D eigenvalue weighted by Crippen LogP contribution is -2.58. The first-order valence-electron chi connectivity index (χ1n) is 12.1. The van der Waals surface area contributed by atoms with Gasteiger partial charge in [0.05, 0.1) is 13.2 Å². The van der Waals surface area contributed by atoms with Gasteiger partial charge in [0.1, 0.15) is 0 Å². The second kappa shape index (κ2) is 7.60. The van der Waals surface area contributed by atoms with E-state index in [9.17, 15) is 9.90 Å². The number of carbonyl (C=O) groups excluding carboxylic acids is 1. The van der Waals surface area contributed by atoms with Gasteiger partial charge in [0, 0.05) is 6.42 Å². The summed E-state index contributed by atoms with van der Waals surface area (Å²) in [5.41, 5.74) is 0.507. The van der Waals surface area contributed by atoms with Gasteiger partial charge >= 0.3 is 5.97 Å². The average molecular weight is 391 g/mol. The van der Waals surface area contributed by atoms with E-state index in [0.717, 1.165) is 30.6 Å². The first-order chi connectivity index (χ1) is 13.3. The van der Waals surface area contributed by atoms with Gasteiger partial charge < -0.3 is 9.84 Å². The molecule has 1 N–H and O–H groups in total. The van der Waals surface area contributed by atoms with Gasteiger partial charge in [0.15, 0.2) is 0 Å². The minimum absolute atomic E-state index is 0.0363. The lowest BCUT2D eigenvalue weighted by molar-refractivity contribution is -0.168. The molecule has 28 heavy (non-hydrogen) atoms. The van der Waals surface area contributed by atoms with E-state index >= 15 is 0 Å². The number of aliphatic hydroxyl groups is 1. The Balaban J connectivity index is 1.54. The molecule has 0 spiro atoms. The minimum atomic E-state index is -0.177. The summed E-state index contributed by atoms with van der Waals surface area (Å²) in [6, 6.07) is 0. The quantitative estimate of drug-likeness (QED) is 0.636. The van der Waals surface area contributed by atoms with Crippen molar-refractivity contribution in [2.45, 2.75) is 97.5 Å². The SMILES string of the molecule is COC(=O)CC[C@H](C)[C@H]1CC[C@@H]2[C@H]3CC[C@@H]4CCCC[C@]4(C)[C@@H]3C[C@H](O)[C@@]21C. The first kappa shape index (κ1) is 20.7. The number of aliphatic hydroxyl groups excluding tert-OH is 1. The molecule has 0 amide bonds. The molecule has 0 bridgehead atoms. The van der Waals surface area contributed by atoms with Crippen LogP contribution in [0, 0.1) is 46.3 Å². The highest BCUT2D eigenvalue weighted by molar-refractivity contribution is 5.69. The van der Waals surface area contributed by atoms with Crippen LogP contribution in [-0.2, 0) is 9.53 Å². The van der Waals surface area contributed by atoms with Gasteiger partial charge in [-0.2, -0.15) is 0 Å². The lowest BCUT2D eigenvalue weighted by atomic mass is 9.44. The van der Waals surface area contributed by atoms with E-state index in [-0.39, 0.29) is 17.5 Å². The van der Waals surface area contributed by atoms with Crippen molar-refractivity contribution in [1.29, 1.82) is 0 Å². The molecule has 160 valence electrons. The van der Waals surface area contributed by atoms with Crippen molar-refractivity contribution in [2.24, 2.45) is 46.3 Å². The number of fused-ring (bicyclic) bond motifs is 5. The fourth-order valence-electron chi connectivity index (χ4n) is 8.87. The van der Waals surface area contributed by atoms with Crippen LogP contribution in [0.3, 0.4) is 0 Å². The van der Waals surface area contributed by atoms with E-state index < -0.39 is 0 Å². The summed E-state index contributed by atoms with van der Waals surface area (Å²) < 4.78 is 4.86. The standard InChI is InChI=1S/C25H42O3/c1-16(8-13-23(27)28-4)19-11-12-20-18-10-9-17-7-5-6-14-24(17,2)21(18)15-22(26)25(19,20)3/h16-22,26H,5-15H2,1-4H3/t16-,17-,18+,19+,20+,21+,22-,24-,25+/m0/s1. The molecule has 0 radical (unpaired) electrons. The third kappa shape index (κ3) is 3.06. The highest BCUT2D eigenvalue weighted by Gasteiger charge is 2.63. The normalized spacial score (nSPS) is 48.9. The summed E-state index contributed by atoms with van der Waals surface area (Å²) in [6.07, 6.45) is 13.2. The predicted octanol–water partition coefficient (Wildman–Crippen LogP) is 5.60. The third-order valence-electron chi connectivity index (χ3n) is 10.5. The van der Waals surface area contributed by atoms with Crippen LogP contribution in [0.4, 0.5) is 0 Å². The number of hydrogen-bond donors (Lipinski definition) is 1. The van der Waals surface area contributed by atoms with Crippen LogP contribution in [-0.4, -0.2) is 24.3 Å². The van der Waals surface area contributed by atoms with Gasteiger partial charge in [0.2, 0.25) is 0 Å². The molecule has 0 aromatic heterocycles. The molecule has 4 saturated carbocycles. The zero-order valence-electron chi connectivity index (χ0n) is 18.6. The largest absolute Gasteiger partial charge is 0.469 e. The van der Waals surface area contributed by atoms with Gasteiger partial charge in [0.25, 0.3) is 0 Å². The van der Waals surface area contributed by atoms with E-state index in [4.69, 9.17) is 4.74 Å². The Bertz CT molecular complexity index is 588. The van der Waals surface area contributed by atoms with Crippen molar-refractivity contribution in [3.05, 3.63) is 0 Å². The van der Waals surface area contributed by atoms with E-state index in [1.807, 2.05) is 0 Å². The van der Waals surface area contributed by atoms with Crippen LogP contribution < -0.4 is 0 Å². The Morgan fingerprint density at radius 3 is 2.64 bits per heavy atom. The van der Waals surface area contributed by atoms with Crippen LogP contribution in [0.25, 0.3) is 0 Å². The van der Waals surface area contributed by atoms with E-state index in [1.54, 1.807) is 0 Å². The Hall–Kier alpha value is -0.570. The molecule has 0 heterocycles. The minimum Gasteiger partial charge on any atom is -0.469 e. The molecule has 9 atom stereocenters. The molecule has 0 aromatic rings. The van der Waals surface area contributed by atoms with E-state index in [2.05, 4.69) is 20.8 Å². The lowest BCUT2D eigenvalue weighted by Gasteiger charge is -2.62. The summed E-state index contributed by atoms with van der Waals surface area (Å²) >= 11 is 0. The Morgan fingerprint density at radius 2 is 1.89 bits per heavy atom. The number of rotatable bonds is 4.